The van der Waals surface area contributed by atoms with Crippen molar-refractivity contribution in [2.45, 2.75) is 24.5 Å². The number of hydrogen-bond acceptors (Lipinski definition) is 4. The number of furan rings is 1. The first-order valence-corrected chi connectivity index (χ1v) is 9.80. The highest BCUT2D eigenvalue weighted by Crippen LogP contribution is 2.36. The molecule has 2 aromatic rings. The number of carbonyl (C=O) groups excluding carboxylic acids is 1. The molecule has 1 aromatic heterocycles. The van der Waals surface area contributed by atoms with Crippen LogP contribution in [0.2, 0.25) is 10.0 Å². The zero-order chi connectivity index (χ0) is 18.4. The lowest BCUT2D eigenvalue weighted by Crippen LogP contribution is -2.38. The van der Waals surface area contributed by atoms with E-state index in [-0.39, 0.29) is 22.8 Å². The van der Waals surface area contributed by atoms with Gasteiger partial charge in [-0.2, -0.15) is 0 Å². The highest BCUT2D eigenvalue weighted by molar-refractivity contribution is 7.89. The number of benzene rings is 1. The summed E-state index contributed by atoms with van der Waals surface area (Å²) in [7, 11) is -2.46. The summed E-state index contributed by atoms with van der Waals surface area (Å²) in [6.45, 7) is 2.32. The van der Waals surface area contributed by atoms with Crippen LogP contribution in [-0.2, 0) is 16.4 Å². The summed E-state index contributed by atoms with van der Waals surface area (Å²) < 4.78 is 30.9. The molecule has 1 unspecified atom stereocenters. The molecular weight excluding hydrogens is 387 g/mol. The maximum absolute atomic E-state index is 12.8. The van der Waals surface area contributed by atoms with Crippen LogP contribution in [0.15, 0.2) is 33.8 Å². The van der Waals surface area contributed by atoms with Crippen LogP contribution >= 0.6 is 23.2 Å². The SMILES string of the molecule is CNS(=O)(=O)c1ccc(C(=O)N2CCc3c(Cl)cc(Cl)cc3C2C)o1. The van der Waals surface area contributed by atoms with Crippen LogP contribution in [0.25, 0.3) is 0 Å². The normalized spacial score (nSPS) is 17.4. The maximum atomic E-state index is 12.8. The molecule has 1 amide bonds. The molecule has 6 nitrogen and oxygen atoms in total. The van der Waals surface area contributed by atoms with E-state index in [4.69, 9.17) is 27.6 Å². The number of amides is 1. The average Bonchev–Trinajstić information content (AvgIpc) is 3.06. The van der Waals surface area contributed by atoms with E-state index in [1.807, 2.05) is 6.92 Å². The molecular formula is C16H16Cl2N2O4S. The molecule has 0 saturated heterocycles. The molecule has 0 radical (unpaired) electrons. The van der Waals surface area contributed by atoms with Crippen molar-refractivity contribution in [1.82, 2.24) is 9.62 Å². The highest BCUT2D eigenvalue weighted by Gasteiger charge is 2.32. The van der Waals surface area contributed by atoms with E-state index >= 15 is 0 Å². The molecule has 0 spiro atoms. The lowest BCUT2D eigenvalue weighted by molar-refractivity contribution is 0.0639. The number of carbonyl (C=O) groups is 1. The van der Waals surface area contributed by atoms with Gasteiger partial charge in [0.25, 0.3) is 15.9 Å². The Morgan fingerprint density at radius 1 is 1.32 bits per heavy atom. The minimum Gasteiger partial charge on any atom is -0.438 e. The fourth-order valence-electron chi connectivity index (χ4n) is 2.95. The van der Waals surface area contributed by atoms with Crippen molar-refractivity contribution in [2.75, 3.05) is 13.6 Å². The van der Waals surface area contributed by atoms with Crippen molar-refractivity contribution in [2.24, 2.45) is 0 Å². The van der Waals surface area contributed by atoms with Gasteiger partial charge >= 0.3 is 0 Å². The summed E-state index contributed by atoms with van der Waals surface area (Å²) in [6.07, 6.45) is 0.587. The standard InChI is InChI=1S/C16H16Cl2N2O4S/c1-9-12-7-10(17)8-13(18)11(12)5-6-20(9)16(21)14-3-4-15(24-14)25(22,23)19-2/h3-4,7-9,19H,5-6H2,1-2H3. The summed E-state index contributed by atoms with van der Waals surface area (Å²) in [5.74, 6) is -0.413. The monoisotopic (exact) mass is 402 g/mol. The molecule has 1 atom stereocenters. The molecule has 1 aliphatic heterocycles. The van der Waals surface area contributed by atoms with Gasteiger partial charge in [-0.05, 0) is 55.8 Å². The van der Waals surface area contributed by atoms with Crippen molar-refractivity contribution < 1.29 is 17.6 Å². The second-order valence-electron chi connectivity index (χ2n) is 5.71. The third-order valence-corrected chi connectivity index (χ3v) is 6.14. The van der Waals surface area contributed by atoms with E-state index < -0.39 is 10.0 Å². The minimum absolute atomic E-state index is 0.0303. The van der Waals surface area contributed by atoms with Gasteiger partial charge < -0.3 is 9.32 Å². The maximum Gasteiger partial charge on any atom is 0.290 e. The Labute approximate surface area is 155 Å². The van der Waals surface area contributed by atoms with Gasteiger partial charge in [-0.25, -0.2) is 13.1 Å². The van der Waals surface area contributed by atoms with Crippen LogP contribution in [0, 0.1) is 0 Å². The van der Waals surface area contributed by atoms with Crippen LogP contribution in [0.3, 0.4) is 0 Å². The Morgan fingerprint density at radius 3 is 2.72 bits per heavy atom. The average molecular weight is 403 g/mol. The van der Waals surface area contributed by atoms with Crippen LogP contribution < -0.4 is 4.72 Å². The molecule has 1 aliphatic rings. The third-order valence-electron chi connectivity index (χ3n) is 4.30. The van der Waals surface area contributed by atoms with E-state index in [9.17, 15) is 13.2 Å². The van der Waals surface area contributed by atoms with Gasteiger partial charge in [0.1, 0.15) is 0 Å². The highest BCUT2D eigenvalue weighted by atomic mass is 35.5. The summed E-state index contributed by atoms with van der Waals surface area (Å²) >= 11 is 12.3. The van der Waals surface area contributed by atoms with Gasteiger partial charge in [-0.15, -0.1) is 0 Å². The smallest absolute Gasteiger partial charge is 0.290 e. The van der Waals surface area contributed by atoms with E-state index in [1.165, 1.54) is 19.2 Å². The third kappa shape index (κ3) is 3.29. The molecule has 0 fully saturated rings. The number of rotatable bonds is 3. The molecule has 0 saturated carbocycles. The van der Waals surface area contributed by atoms with Crippen LogP contribution in [0.4, 0.5) is 0 Å². The molecule has 1 N–H and O–H groups in total. The van der Waals surface area contributed by atoms with Gasteiger partial charge in [-0.3, -0.25) is 4.79 Å². The lowest BCUT2D eigenvalue weighted by atomic mass is 9.93. The van der Waals surface area contributed by atoms with Crippen molar-refractivity contribution in [3.05, 3.63) is 51.2 Å². The number of sulfonamides is 1. The predicted octanol–water partition coefficient (Wildman–Crippen LogP) is 3.25. The summed E-state index contributed by atoms with van der Waals surface area (Å²) in [5, 5.41) is 0.793. The molecule has 2 heterocycles. The number of halogens is 2. The Bertz CT molecular complexity index is 940. The lowest BCUT2D eigenvalue weighted by Gasteiger charge is -2.35. The van der Waals surface area contributed by atoms with E-state index in [0.717, 1.165) is 11.1 Å². The molecule has 0 bridgehead atoms. The second-order valence-corrected chi connectivity index (χ2v) is 8.37. The number of nitrogens with one attached hydrogen (secondary N) is 1. The summed E-state index contributed by atoms with van der Waals surface area (Å²) in [5.41, 5.74) is 1.85. The molecule has 0 aliphatic carbocycles. The van der Waals surface area contributed by atoms with Crippen LogP contribution in [0.5, 0.6) is 0 Å². The largest absolute Gasteiger partial charge is 0.438 e. The second kappa shape index (κ2) is 6.64. The Kier molecular flexibility index (Phi) is 4.85. The van der Waals surface area contributed by atoms with Gasteiger partial charge in [0.05, 0.1) is 6.04 Å². The molecule has 134 valence electrons. The fraction of sp³-hybridized carbons (Fsp3) is 0.312. The zero-order valence-corrected chi connectivity index (χ0v) is 15.9. The summed E-state index contributed by atoms with van der Waals surface area (Å²) in [4.78, 5) is 14.4. The summed E-state index contributed by atoms with van der Waals surface area (Å²) in [6, 6.07) is 5.84. The Morgan fingerprint density at radius 2 is 2.04 bits per heavy atom. The molecule has 25 heavy (non-hydrogen) atoms. The van der Waals surface area contributed by atoms with Gasteiger partial charge in [0.2, 0.25) is 5.09 Å². The number of fused-ring (bicyclic) bond motifs is 1. The van der Waals surface area contributed by atoms with E-state index in [1.54, 1.807) is 17.0 Å². The van der Waals surface area contributed by atoms with E-state index in [0.29, 0.717) is 23.0 Å². The molecule has 9 heteroatoms. The quantitative estimate of drug-likeness (QED) is 0.853. The van der Waals surface area contributed by atoms with Gasteiger partial charge in [-0.1, -0.05) is 23.2 Å². The first-order chi connectivity index (χ1) is 11.7. The van der Waals surface area contributed by atoms with Crippen molar-refractivity contribution >= 4 is 39.1 Å². The molecule has 3 rings (SSSR count). The molecule has 1 aromatic carbocycles. The Balaban J connectivity index is 1.91. The van der Waals surface area contributed by atoms with Crippen molar-refractivity contribution in [3.63, 3.8) is 0 Å². The van der Waals surface area contributed by atoms with Crippen molar-refractivity contribution in [1.29, 1.82) is 0 Å². The first-order valence-electron chi connectivity index (χ1n) is 7.56. The van der Waals surface area contributed by atoms with Crippen molar-refractivity contribution in [3.8, 4) is 0 Å². The van der Waals surface area contributed by atoms with Gasteiger partial charge in [0, 0.05) is 16.6 Å². The van der Waals surface area contributed by atoms with E-state index in [2.05, 4.69) is 4.72 Å². The van der Waals surface area contributed by atoms with Crippen LogP contribution in [-0.4, -0.2) is 32.8 Å². The fourth-order valence-corrected chi connectivity index (χ4v) is 4.20. The minimum atomic E-state index is -3.74. The number of hydrogen-bond donors (Lipinski definition) is 1. The topological polar surface area (TPSA) is 79.6 Å². The van der Waals surface area contributed by atoms with Gasteiger partial charge in [0.15, 0.2) is 5.76 Å². The zero-order valence-electron chi connectivity index (χ0n) is 13.5. The number of nitrogens with zero attached hydrogens (tertiary/aromatic N) is 1. The Hall–Kier alpha value is -1.54. The van der Waals surface area contributed by atoms with Crippen LogP contribution in [0.1, 0.15) is 34.6 Å². The first kappa shape index (κ1) is 18.3. The predicted molar refractivity (Wildman–Crippen MR) is 94.6 cm³/mol.